The first-order valence-electron chi connectivity index (χ1n) is 6.33. The summed E-state index contributed by atoms with van der Waals surface area (Å²) in [7, 11) is 0. The van der Waals surface area contributed by atoms with Gasteiger partial charge in [-0.1, -0.05) is 23.2 Å². The standard InChI is InChI=1S/C13H13Cl2N5OS/c1-3-21-12-11(7(2)19-20(12)13(16)22)18-17-10-5-4-8(14)6-9(10)15/h4-6H,3H2,1-2H3,(H2,16,22). The fourth-order valence-electron chi connectivity index (χ4n) is 1.69. The van der Waals surface area contributed by atoms with Crippen LogP contribution in [0.15, 0.2) is 28.4 Å². The molecule has 0 aliphatic rings. The predicted molar refractivity (Wildman–Crippen MR) is 91.0 cm³/mol. The maximum Gasteiger partial charge on any atom is 0.247 e. The van der Waals surface area contributed by atoms with Crippen molar-refractivity contribution >= 4 is 51.9 Å². The molecular weight excluding hydrogens is 345 g/mol. The molecule has 0 amide bonds. The minimum absolute atomic E-state index is 0.0672. The van der Waals surface area contributed by atoms with Gasteiger partial charge in [0, 0.05) is 5.02 Å². The first-order chi connectivity index (χ1) is 10.4. The number of hydrogen-bond donors (Lipinski definition) is 1. The Balaban J connectivity index is 2.44. The van der Waals surface area contributed by atoms with Crippen LogP contribution in [-0.4, -0.2) is 21.5 Å². The summed E-state index contributed by atoms with van der Waals surface area (Å²) in [6, 6.07) is 4.94. The minimum atomic E-state index is 0.0672. The van der Waals surface area contributed by atoms with Crippen LogP contribution in [0.25, 0.3) is 0 Å². The largest absolute Gasteiger partial charge is 0.476 e. The smallest absolute Gasteiger partial charge is 0.247 e. The Kier molecular flexibility index (Phi) is 5.33. The molecule has 0 saturated carbocycles. The summed E-state index contributed by atoms with van der Waals surface area (Å²) in [6.07, 6.45) is 0. The van der Waals surface area contributed by atoms with Gasteiger partial charge in [0.2, 0.25) is 5.88 Å². The average molecular weight is 358 g/mol. The maximum atomic E-state index is 6.06. The molecule has 0 radical (unpaired) electrons. The normalized spacial score (nSPS) is 11.1. The lowest BCUT2D eigenvalue weighted by Crippen LogP contribution is -2.21. The molecule has 1 heterocycles. The van der Waals surface area contributed by atoms with Gasteiger partial charge in [0.1, 0.15) is 5.69 Å². The number of aromatic nitrogens is 2. The van der Waals surface area contributed by atoms with Gasteiger partial charge in [0.15, 0.2) is 10.8 Å². The van der Waals surface area contributed by atoms with Gasteiger partial charge in [0.25, 0.3) is 0 Å². The maximum absolute atomic E-state index is 6.06. The molecule has 116 valence electrons. The Morgan fingerprint density at radius 1 is 1.41 bits per heavy atom. The number of azo groups is 1. The molecular formula is C13H13Cl2N5OS. The average Bonchev–Trinajstić information content (AvgIpc) is 2.75. The van der Waals surface area contributed by atoms with Gasteiger partial charge in [-0.25, -0.2) is 0 Å². The molecule has 0 unspecified atom stereocenters. The second kappa shape index (κ2) is 7.04. The zero-order valence-corrected chi connectivity index (χ0v) is 14.2. The van der Waals surface area contributed by atoms with E-state index in [0.717, 1.165) is 0 Å². The van der Waals surface area contributed by atoms with Gasteiger partial charge in [-0.2, -0.15) is 9.78 Å². The topological polar surface area (TPSA) is 77.8 Å². The highest BCUT2D eigenvalue weighted by Gasteiger charge is 2.18. The zero-order valence-electron chi connectivity index (χ0n) is 11.9. The molecule has 2 N–H and O–H groups in total. The third-order valence-electron chi connectivity index (χ3n) is 2.64. The van der Waals surface area contributed by atoms with Crippen LogP contribution in [0, 0.1) is 6.92 Å². The molecule has 1 aromatic heterocycles. The molecule has 2 aromatic rings. The molecule has 0 atom stereocenters. The highest BCUT2D eigenvalue weighted by molar-refractivity contribution is 7.80. The van der Waals surface area contributed by atoms with Crippen molar-refractivity contribution in [2.45, 2.75) is 13.8 Å². The summed E-state index contributed by atoms with van der Waals surface area (Å²) in [5.74, 6) is 0.348. The summed E-state index contributed by atoms with van der Waals surface area (Å²) >= 11 is 16.8. The van der Waals surface area contributed by atoms with Crippen LogP contribution in [0.1, 0.15) is 12.6 Å². The van der Waals surface area contributed by atoms with Crippen LogP contribution in [0.2, 0.25) is 10.0 Å². The van der Waals surface area contributed by atoms with Crippen molar-refractivity contribution in [2.24, 2.45) is 16.0 Å². The number of nitrogens with zero attached hydrogens (tertiary/aromatic N) is 4. The zero-order chi connectivity index (χ0) is 16.3. The van der Waals surface area contributed by atoms with Gasteiger partial charge >= 0.3 is 0 Å². The Labute approximate surface area is 142 Å². The second-order valence-electron chi connectivity index (χ2n) is 4.22. The van der Waals surface area contributed by atoms with Gasteiger partial charge in [-0.05, 0) is 44.3 Å². The van der Waals surface area contributed by atoms with E-state index in [-0.39, 0.29) is 5.11 Å². The van der Waals surface area contributed by atoms with Crippen molar-refractivity contribution in [1.82, 2.24) is 9.78 Å². The lowest BCUT2D eigenvalue weighted by Gasteiger charge is -2.05. The number of aryl methyl sites for hydroxylation is 1. The number of thiocarbonyl (C=S) groups is 1. The van der Waals surface area contributed by atoms with Crippen molar-refractivity contribution in [3.05, 3.63) is 33.9 Å². The number of benzene rings is 1. The van der Waals surface area contributed by atoms with Gasteiger partial charge < -0.3 is 10.5 Å². The Hall–Kier alpha value is -1.70. The molecule has 0 bridgehead atoms. The summed E-state index contributed by atoms with van der Waals surface area (Å²) in [5, 5.41) is 13.5. The van der Waals surface area contributed by atoms with Crippen molar-refractivity contribution < 1.29 is 4.74 Å². The predicted octanol–water partition coefficient (Wildman–Crippen LogP) is 4.40. The lowest BCUT2D eigenvalue weighted by atomic mass is 10.3. The van der Waals surface area contributed by atoms with E-state index in [1.54, 1.807) is 25.1 Å². The summed E-state index contributed by atoms with van der Waals surface area (Å²) < 4.78 is 6.82. The molecule has 0 aliphatic carbocycles. The fraction of sp³-hybridized carbons (Fsp3) is 0.231. The number of nitrogens with two attached hydrogens (primary N) is 1. The molecule has 0 spiro atoms. The van der Waals surface area contributed by atoms with Crippen LogP contribution >= 0.6 is 35.4 Å². The van der Waals surface area contributed by atoms with Gasteiger partial charge in [-0.3, -0.25) is 0 Å². The van der Waals surface area contributed by atoms with Crippen LogP contribution in [0.5, 0.6) is 5.88 Å². The van der Waals surface area contributed by atoms with E-state index >= 15 is 0 Å². The summed E-state index contributed by atoms with van der Waals surface area (Å²) in [4.78, 5) is 0. The molecule has 1 aromatic carbocycles. The van der Waals surface area contributed by atoms with Crippen LogP contribution in [0.3, 0.4) is 0 Å². The Morgan fingerprint density at radius 3 is 2.73 bits per heavy atom. The van der Waals surface area contributed by atoms with E-state index < -0.39 is 0 Å². The monoisotopic (exact) mass is 357 g/mol. The minimum Gasteiger partial charge on any atom is -0.476 e. The number of halogens is 2. The van der Waals surface area contributed by atoms with E-state index in [0.29, 0.717) is 39.6 Å². The summed E-state index contributed by atoms with van der Waals surface area (Å²) in [5.41, 5.74) is 7.13. The van der Waals surface area contributed by atoms with Gasteiger partial charge in [-0.15, -0.1) is 10.2 Å². The third-order valence-corrected chi connectivity index (χ3v) is 3.36. The van der Waals surface area contributed by atoms with E-state index in [9.17, 15) is 0 Å². The third kappa shape index (κ3) is 3.55. The second-order valence-corrected chi connectivity index (χ2v) is 5.48. The number of rotatable bonds is 4. The van der Waals surface area contributed by atoms with E-state index in [4.69, 9.17) is 45.9 Å². The van der Waals surface area contributed by atoms with Crippen molar-refractivity contribution in [1.29, 1.82) is 0 Å². The van der Waals surface area contributed by atoms with E-state index in [2.05, 4.69) is 15.3 Å². The first kappa shape index (κ1) is 16.7. The molecule has 0 saturated heterocycles. The fourth-order valence-corrected chi connectivity index (χ4v) is 2.26. The Morgan fingerprint density at radius 2 is 2.14 bits per heavy atom. The van der Waals surface area contributed by atoms with Crippen molar-refractivity contribution in [3.63, 3.8) is 0 Å². The highest BCUT2D eigenvalue weighted by atomic mass is 35.5. The van der Waals surface area contributed by atoms with E-state index in [1.165, 1.54) is 4.68 Å². The quantitative estimate of drug-likeness (QED) is 0.649. The van der Waals surface area contributed by atoms with E-state index in [1.807, 2.05) is 6.92 Å². The van der Waals surface area contributed by atoms with Crippen LogP contribution in [0.4, 0.5) is 11.4 Å². The highest BCUT2D eigenvalue weighted by Crippen LogP contribution is 2.34. The first-order valence-corrected chi connectivity index (χ1v) is 7.49. The molecule has 0 fully saturated rings. The SMILES string of the molecule is CCOc1c(N=Nc2ccc(Cl)cc2Cl)c(C)nn1C(N)=S. The molecule has 22 heavy (non-hydrogen) atoms. The molecule has 9 heteroatoms. The molecule has 0 aliphatic heterocycles. The molecule has 6 nitrogen and oxygen atoms in total. The van der Waals surface area contributed by atoms with Crippen molar-refractivity contribution in [3.8, 4) is 5.88 Å². The van der Waals surface area contributed by atoms with Crippen molar-refractivity contribution in [2.75, 3.05) is 6.61 Å². The lowest BCUT2D eigenvalue weighted by molar-refractivity contribution is 0.320. The number of hydrogen-bond acceptors (Lipinski definition) is 5. The number of ether oxygens (including phenoxy) is 1. The Bertz CT molecular complexity index is 744. The van der Waals surface area contributed by atoms with Gasteiger partial charge in [0.05, 0.1) is 17.3 Å². The van der Waals surface area contributed by atoms with Crippen LogP contribution < -0.4 is 10.5 Å². The van der Waals surface area contributed by atoms with Crippen LogP contribution in [-0.2, 0) is 0 Å². The molecule has 2 rings (SSSR count). The summed E-state index contributed by atoms with van der Waals surface area (Å²) in [6.45, 7) is 4.01.